The lowest BCUT2D eigenvalue weighted by Crippen LogP contribution is -2.12. The number of amides is 1. The minimum Gasteiger partial charge on any atom is -0.478 e. The van der Waals surface area contributed by atoms with Crippen LogP contribution in [0.4, 0.5) is 0 Å². The average molecular weight is 257 g/mol. The van der Waals surface area contributed by atoms with E-state index in [1.165, 1.54) is 18.5 Å². The van der Waals surface area contributed by atoms with Crippen molar-refractivity contribution in [1.82, 2.24) is 9.97 Å². The van der Waals surface area contributed by atoms with Gasteiger partial charge < -0.3 is 15.8 Å². The van der Waals surface area contributed by atoms with Crippen LogP contribution < -0.4 is 5.73 Å². The molecule has 0 saturated heterocycles. The highest BCUT2D eigenvalue weighted by molar-refractivity contribution is 6.00. The number of primary amides is 1. The lowest BCUT2D eigenvalue weighted by Gasteiger charge is -2.05. The molecule has 2 rings (SSSR count). The number of carboxylic acid groups (broad SMARTS) is 1. The molecule has 96 valence electrons. The van der Waals surface area contributed by atoms with E-state index in [0.717, 1.165) is 6.08 Å². The Morgan fingerprint density at radius 1 is 1.37 bits per heavy atom. The molecule has 1 heterocycles. The summed E-state index contributed by atoms with van der Waals surface area (Å²) < 4.78 is 0. The molecule has 6 nitrogen and oxygen atoms in total. The van der Waals surface area contributed by atoms with Crippen molar-refractivity contribution in [2.75, 3.05) is 0 Å². The Morgan fingerprint density at radius 2 is 2.16 bits per heavy atom. The molecule has 4 N–H and O–H groups in total. The molecule has 0 aliphatic rings. The van der Waals surface area contributed by atoms with Crippen LogP contribution in [0.5, 0.6) is 0 Å². The summed E-state index contributed by atoms with van der Waals surface area (Å²) in [6, 6.07) is 4.93. The fourth-order valence-electron chi connectivity index (χ4n) is 1.67. The van der Waals surface area contributed by atoms with Crippen LogP contribution in [0.15, 0.2) is 36.8 Å². The molecule has 19 heavy (non-hydrogen) atoms. The normalized spacial score (nSPS) is 10.7. The number of benzene rings is 1. The molecule has 2 aromatic rings. The van der Waals surface area contributed by atoms with E-state index in [1.54, 1.807) is 18.3 Å². The number of carboxylic acids is 1. The topological polar surface area (TPSA) is 109 Å². The summed E-state index contributed by atoms with van der Waals surface area (Å²) >= 11 is 0. The van der Waals surface area contributed by atoms with Crippen LogP contribution in [0, 0.1) is 0 Å². The highest BCUT2D eigenvalue weighted by Crippen LogP contribution is 2.22. The van der Waals surface area contributed by atoms with E-state index < -0.39 is 11.9 Å². The first-order chi connectivity index (χ1) is 9.08. The third kappa shape index (κ3) is 2.86. The number of nitrogens with one attached hydrogen (secondary N) is 1. The summed E-state index contributed by atoms with van der Waals surface area (Å²) in [7, 11) is 0. The van der Waals surface area contributed by atoms with Crippen molar-refractivity contribution in [1.29, 1.82) is 0 Å². The monoisotopic (exact) mass is 257 g/mol. The predicted octanol–water partition coefficient (Wildman–Crippen LogP) is 1.27. The van der Waals surface area contributed by atoms with Crippen LogP contribution >= 0.6 is 0 Å². The van der Waals surface area contributed by atoms with Crippen LogP contribution in [0.25, 0.3) is 17.3 Å². The predicted molar refractivity (Wildman–Crippen MR) is 69.2 cm³/mol. The van der Waals surface area contributed by atoms with E-state index in [2.05, 4.69) is 9.97 Å². The third-order valence-corrected chi connectivity index (χ3v) is 2.52. The Labute approximate surface area is 108 Å². The van der Waals surface area contributed by atoms with Crippen LogP contribution in [-0.2, 0) is 4.79 Å². The van der Waals surface area contributed by atoms with E-state index >= 15 is 0 Å². The SMILES string of the molecule is NC(=O)c1cc(C=CC(=O)O)ccc1-c1cnc[nH]1. The number of nitrogens with zero attached hydrogens (tertiary/aromatic N) is 1. The fraction of sp³-hybridized carbons (Fsp3) is 0. The Bertz CT molecular complexity index is 645. The van der Waals surface area contributed by atoms with Crippen molar-refractivity contribution in [3.05, 3.63) is 47.9 Å². The molecule has 1 aromatic carbocycles. The van der Waals surface area contributed by atoms with E-state index in [1.807, 2.05) is 0 Å². The zero-order valence-corrected chi connectivity index (χ0v) is 9.83. The second-order valence-corrected chi connectivity index (χ2v) is 3.81. The minimum absolute atomic E-state index is 0.303. The van der Waals surface area contributed by atoms with Crippen molar-refractivity contribution < 1.29 is 14.7 Å². The van der Waals surface area contributed by atoms with Gasteiger partial charge in [-0.25, -0.2) is 9.78 Å². The summed E-state index contributed by atoms with van der Waals surface area (Å²) in [5.41, 5.74) is 7.51. The van der Waals surface area contributed by atoms with Crippen LogP contribution in [0.3, 0.4) is 0 Å². The van der Waals surface area contributed by atoms with Gasteiger partial charge in [0.2, 0.25) is 5.91 Å². The van der Waals surface area contributed by atoms with E-state index in [9.17, 15) is 9.59 Å². The number of aliphatic carboxylic acids is 1. The van der Waals surface area contributed by atoms with E-state index in [4.69, 9.17) is 10.8 Å². The van der Waals surface area contributed by atoms with Gasteiger partial charge in [-0.1, -0.05) is 12.1 Å². The number of aromatic nitrogens is 2. The van der Waals surface area contributed by atoms with Gasteiger partial charge in [0.25, 0.3) is 0 Å². The van der Waals surface area contributed by atoms with Crippen molar-refractivity contribution in [3.63, 3.8) is 0 Å². The molecule has 0 aliphatic carbocycles. The Morgan fingerprint density at radius 3 is 2.74 bits per heavy atom. The highest BCUT2D eigenvalue weighted by Gasteiger charge is 2.11. The van der Waals surface area contributed by atoms with Gasteiger partial charge in [0.05, 0.1) is 18.2 Å². The van der Waals surface area contributed by atoms with E-state index in [0.29, 0.717) is 22.4 Å². The molecule has 0 atom stereocenters. The van der Waals surface area contributed by atoms with Crippen molar-refractivity contribution in [2.24, 2.45) is 5.73 Å². The smallest absolute Gasteiger partial charge is 0.328 e. The Balaban J connectivity index is 2.47. The van der Waals surface area contributed by atoms with Gasteiger partial charge in [0.1, 0.15) is 0 Å². The fourth-order valence-corrected chi connectivity index (χ4v) is 1.67. The van der Waals surface area contributed by atoms with Gasteiger partial charge in [-0.2, -0.15) is 0 Å². The van der Waals surface area contributed by atoms with Crippen LogP contribution in [-0.4, -0.2) is 27.0 Å². The van der Waals surface area contributed by atoms with Crippen LogP contribution in [0.1, 0.15) is 15.9 Å². The summed E-state index contributed by atoms with van der Waals surface area (Å²) in [6.45, 7) is 0. The number of hydrogen-bond donors (Lipinski definition) is 3. The molecule has 1 amide bonds. The van der Waals surface area contributed by atoms with Gasteiger partial charge in [-0.3, -0.25) is 4.79 Å². The molecule has 1 aromatic heterocycles. The van der Waals surface area contributed by atoms with E-state index in [-0.39, 0.29) is 0 Å². The maximum Gasteiger partial charge on any atom is 0.328 e. The molecular weight excluding hydrogens is 246 g/mol. The Kier molecular flexibility index (Phi) is 3.42. The quantitative estimate of drug-likeness (QED) is 0.716. The largest absolute Gasteiger partial charge is 0.478 e. The molecule has 0 fully saturated rings. The number of aromatic amines is 1. The second kappa shape index (κ2) is 5.18. The number of rotatable bonds is 4. The third-order valence-electron chi connectivity index (χ3n) is 2.52. The molecule has 0 radical (unpaired) electrons. The summed E-state index contributed by atoms with van der Waals surface area (Å²) in [6.07, 6.45) is 5.47. The number of nitrogens with two attached hydrogens (primary N) is 1. The number of H-pyrrole nitrogens is 1. The second-order valence-electron chi connectivity index (χ2n) is 3.81. The number of carbonyl (C=O) groups is 2. The Hall–Kier alpha value is -2.89. The van der Waals surface area contributed by atoms with Gasteiger partial charge in [0, 0.05) is 17.2 Å². The van der Waals surface area contributed by atoms with Crippen molar-refractivity contribution >= 4 is 18.0 Å². The van der Waals surface area contributed by atoms with Crippen LogP contribution in [0.2, 0.25) is 0 Å². The lowest BCUT2D eigenvalue weighted by molar-refractivity contribution is -0.131. The number of hydrogen-bond acceptors (Lipinski definition) is 3. The lowest BCUT2D eigenvalue weighted by atomic mass is 10.0. The molecule has 0 spiro atoms. The molecule has 0 unspecified atom stereocenters. The maximum absolute atomic E-state index is 11.5. The zero-order valence-electron chi connectivity index (χ0n) is 9.83. The molecule has 0 bridgehead atoms. The van der Waals surface area contributed by atoms with Gasteiger partial charge in [-0.15, -0.1) is 0 Å². The maximum atomic E-state index is 11.5. The molecule has 6 heteroatoms. The first-order valence-corrected chi connectivity index (χ1v) is 5.41. The molecule has 0 saturated carbocycles. The standard InChI is InChI=1S/C13H11N3O3/c14-13(19)10-5-8(2-4-12(17)18)1-3-9(10)11-6-15-7-16-11/h1-7H,(H2,14,19)(H,15,16)(H,17,18). The van der Waals surface area contributed by atoms with Crippen molar-refractivity contribution in [3.8, 4) is 11.3 Å². The minimum atomic E-state index is -1.06. The van der Waals surface area contributed by atoms with Gasteiger partial charge in [-0.05, 0) is 17.7 Å². The molecular formula is C13H11N3O3. The first kappa shape index (κ1) is 12.6. The van der Waals surface area contributed by atoms with Gasteiger partial charge in [0.15, 0.2) is 0 Å². The first-order valence-electron chi connectivity index (χ1n) is 5.41. The molecule has 0 aliphatic heterocycles. The number of imidazole rings is 1. The van der Waals surface area contributed by atoms with Crippen molar-refractivity contribution in [2.45, 2.75) is 0 Å². The zero-order chi connectivity index (χ0) is 13.8. The average Bonchev–Trinajstić information content (AvgIpc) is 2.89. The highest BCUT2D eigenvalue weighted by atomic mass is 16.4. The summed E-state index contributed by atoms with van der Waals surface area (Å²) in [5.74, 6) is -1.64. The van der Waals surface area contributed by atoms with Gasteiger partial charge >= 0.3 is 5.97 Å². The number of carbonyl (C=O) groups excluding carboxylic acids is 1. The summed E-state index contributed by atoms with van der Waals surface area (Å²) in [5, 5.41) is 8.57. The summed E-state index contributed by atoms with van der Waals surface area (Å²) in [4.78, 5) is 28.7.